The molecule has 0 radical (unpaired) electrons. The van der Waals surface area contributed by atoms with E-state index in [1.54, 1.807) is 12.0 Å². The molecule has 3 nitrogen and oxygen atoms in total. The van der Waals surface area contributed by atoms with Gasteiger partial charge in [0.1, 0.15) is 5.75 Å². The fourth-order valence-corrected chi connectivity index (χ4v) is 2.00. The average molecular weight is 269 g/mol. The minimum absolute atomic E-state index is 0.110. The molecule has 0 aliphatic heterocycles. The van der Waals surface area contributed by atoms with E-state index in [-0.39, 0.29) is 5.91 Å². The van der Waals surface area contributed by atoms with Crippen LogP contribution in [0.15, 0.2) is 54.6 Å². The summed E-state index contributed by atoms with van der Waals surface area (Å²) in [5, 5.41) is 0. The highest BCUT2D eigenvalue weighted by Crippen LogP contribution is 2.12. The van der Waals surface area contributed by atoms with Gasteiger partial charge in [-0.05, 0) is 23.3 Å². The molecule has 0 aliphatic rings. The van der Waals surface area contributed by atoms with Crippen LogP contribution in [0.3, 0.4) is 0 Å². The molecule has 0 spiro atoms. The molecule has 0 heterocycles. The molecule has 0 saturated carbocycles. The van der Waals surface area contributed by atoms with E-state index in [4.69, 9.17) is 4.74 Å². The van der Waals surface area contributed by atoms with Crippen LogP contribution in [0, 0.1) is 0 Å². The molecule has 2 rings (SSSR count). The van der Waals surface area contributed by atoms with Gasteiger partial charge in [-0.15, -0.1) is 0 Å². The largest absolute Gasteiger partial charge is 0.497 e. The lowest BCUT2D eigenvalue weighted by atomic mass is 10.1. The summed E-state index contributed by atoms with van der Waals surface area (Å²) in [6.07, 6.45) is 0.410. The number of ether oxygens (including phenoxy) is 1. The Morgan fingerprint density at radius 1 is 1.00 bits per heavy atom. The molecule has 2 aromatic carbocycles. The topological polar surface area (TPSA) is 29.5 Å². The summed E-state index contributed by atoms with van der Waals surface area (Å²) in [6.45, 7) is 0.635. The van der Waals surface area contributed by atoms with Gasteiger partial charge in [-0.1, -0.05) is 42.5 Å². The average Bonchev–Trinajstić information content (AvgIpc) is 2.49. The third kappa shape index (κ3) is 3.85. The second-order valence-electron chi connectivity index (χ2n) is 4.76. The van der Waals surface area contributed by atoms with Crippen LogP contribution in [0.25, 0.3) is 0 Å². The molecule has 20 heavy (non-hydrogen) atoms. The highest BCUT2D eigenvalue weighted by molar-refractivity contribution is 5.78. The minimum Gasteiger partial charge on any atom is -0.497 e. The molecule has 0 saturated heterocycles. The molecule has 2 aromatic rings. The quantitative estimate of drug-likeness (QED) is 0.835. The zero-order chi connectivity index (χ0) is 14.4. The zero-order valence-corrected chi connectivity index (χ0v) is 11.9. The summed E-state index contributed by atoms with van der Waals surface area (Å²) >= 11 is 0. The van der Waals surface area contributed by atoms with E-state index in [9.17, 15) is 4.79 Å². The molecule has 0 unspecified atom stereocenters. The van der Waals surface area contributed by atoms with Gasteiger partial charge in [0.2, 0.25) is 5.91 Å². The molecule has 0 atom stereocenters. The zero-order valence-electron chi connectivity index (χ0n) is 11.9. The molecule has 0 aromatic heterocycles. The molecular formula is C17H19NO2. The Balaban J connectivity index is 1.93. The molecule has 0 aliphatic carbocycles. The van der Waals surface area contributed by atoms with Crippen molar-refractivity contribution in [2.24, 2.45) is 0 Å². The predicted molar refractivity (Wildman–Crippen MR) is 79.6 cm³/mol. The van der Waals surface area contributed by atoms with E-state index >= 15 is 0 Å². The van der Waals surface area contributed by atoms with Gasteiger partial charge < -0.3 is 9.64 Å². The van der Waals surface area contributed by atoms with Crippen molar-refractivity contribution in [3.05, 3.63) is 65.7 Å². The molecule has 1 amide bonds. The summed E-state index contributed by atoms with van der Waals surface area (Å²) in [4.78, 5) is 13.9. The highest BCUT2D eigenvalue weighted by atomic mass is 16.5. The van der Waals surface area contributed by atoms with Crippen molar-refractivity contribution in [2.75, 3.05) is 14.2 Å². The molecule has 0 bridgehead atoms. The number of nitrogens with zero attached hydrogens (tertiary/aromatic N) is 1. The predicted octanol–water partition coefficient (Wildman–Crippen LogP) is 2.90. The first-order valence-electron chi connectivity index (χ1n) is 6.60. The lowest BCUT2D eigenvalue weighted by Gasteiger charge is -2.17. The summed E-state index contributed by atoms with van der Waals surface area (Å²) in [5.74, 6) is 0.915. The van der Waals surface area contributed by atoms with E-state index in [0.717, 1.165) is 16.9 Å². The van der Waals surface area contributed by atoms with Crippen LogP contribution in [-0.2, 0) is 17.8 Å². The van der Waals surface area contributed by atoms with Crippen LogP contribution in [-0.4, -0.2) is 25.0 Å². The minimum atomic E-state index is 0.110. The van der Waals surface area contributed by atoms with Crippen molar-refractivity contribution in [3.63, 3.8) is 0 Å². The first kappa shape index (κ1) is 14.1. The van der Waals surface area contributed by atoms with E-state index < -0.39 is 0 Å². The van der Waals surface area contributed by atoms with Gasteiger partial charge in [0.05, 0.1) is 13.5 Å². The SMILES string of the molecule is COc1ccc(CC(=O)N(C)Cc2ccccc2)cc1. The maximum Gasteiger partial charge on any atom is 0.227 e. The Kier molecular flexibility index (Phi) is 4.77. The van der Waals surface area contributed by atoms with Gasteiger partial charge in [0.25, 0.3) is 0 Å². The normalized spacial score (nSPS) is 10.1. The molecule has 104 valence electrons. The molecule has 3 heteroatoms. The van der Waals surface area contributed by atoms with Gasteiger partial charge in [0.15, 0.2) is 0 Å². The van der Waals surface area contributed by atoms with Gasteiger partial charge >= 0.3 is 0 Å². The maximum absolute atomic E-state index is 12.2. The Morgan fingerprint density at radius 3 is 2.25 bits per heavy atom. The van der Waals surface area contributed by atoms with Crippen molar-refractivity contribution >= 4 is 5.91 Å². The van der Waals surface area contributed by atoms with Crippen molar-refractivity contribution in [3.8, 4) is 5.75 Å². The highest BCUT2D eigenvalue weighted by Gasteiger charge is 2.10. The van der Waals surface area contributed by atoms with Crippen LogP contribution in [0.4, 0.5) is 0 Å². The molecular weight excluding hydrogens is 250 g/mol. The number of amides is 1. The number of hydrogen-bond donors (Lipinski definition) is 0. The van der Waals surface area contributed by atoms with Crippen LogP contribution in [0.1, 0.15) is 11.1 Å². The molecule has 0 fully saturated rings. The van der Waals surface area contributed by atoms with E-state index in [0.29, 0.717) is 13.0 Å². The summed E-state index contributed by atoms with van der Waals surface area (Å²) in [5.41, 5.74) is 2.13. The number of hydrogen-bond acceptors (Lipinski definition) is 2. The Morgan fingerprint density at radius 2 is 1.65 bits per heavy atom. The molecule has 0 N–H and O–H groups in total. The monoisotopic (exact) mass is 269 g/mol. The fraction of sp³-hybridized carbons (Fsp3) is 0.235. The van der Waals surface area contributed by atoms with E-state index in [2.05, 4.69) is 0 Å². The number of benzene rings is 2. The first-order valence-corrected chi connectivity index (χ1v) is 6.60. The Labute approximate surface area is 119 Å². The Hall–Kier alpha value is -2.29. The second-order valence-corrected chi connectivity index (χ2v) is 4.76. The first-order chi connectivity index (χ1) is 9.69. The van der Waals surface area contributed by atoms with Crippen molar-refractivity contribution < 1.29 is 9.53 Å². The number of likely N-dealkylation sites (N-methyl/N-ethyl adjacent to an activating group) is 1. The van der Waals surface area contributed by atoms with Crippen LogP contribution >= 0.6 is 0 Å². The third-order valence-electron chi connectivity index (χ3n) is 3.20. The maximum atomic E-state index is 12.2. The van der Waals surface area contributed by atoms with Crippen LogP contribution < -0.4 is 4.74 Å². The van der Waals surface area contributed by atoms with Gasteiger partial charge in [0, 0.05) is 13.6 Å². The standard InChI is InChI=1S/C17H19NO2/c1-18(13-15-6-4-3-5-7-15)17(19)12-14-8-10-16(20-2)11-9-14/h3-11H,12-13H2,1-2H3. The van der Waals surface area contributed by atoms with E-state index in [1.165, 1.54) is 0 Å². The van der Waals surface area contributed by atoms with Gasteiger partial charge in [-0.3, -0.25) is 4.79 Å². The van der Waals surface area contributed by atoms with Crippen LogP contribution in [0.2, 0.25) is 0 Å². The number of carbonyl (C=O) groups is 1. The number of carbonyl (C=O) groups excluding carboxylic acids is 1. The van der Waals surface area contributed by atoms with Crippen LogP contribution in [0.5, 0.6) is 5.75 Å². The Bertz CT molecular complexity index is 549. The third-order valence-corrected chi connectivity index (χ3v) is 3.20. The van der Waals surface area contributed by atoms with Gasteiger partial charge in [-0.2, -0.15) is 0 Å². The number of rotatable bonds is 5. The smallest absolute Gasteiger partial charge is 0.227 e. The summed E-state index contributed by atoms with van der Waals surface area (Å²) in [7, 11) is 3.46. The van der Waals surface area contributed by atoms with Gasteiger partial charge in [-0.25, -0.2) is 0 Å². The van der Waals surface area contributed by atoms with Crippen molar-refractivity contribution in [1.29, 1.82) is 0 Å². The van der Waals surface area contributed by atoms with Crippen molar-refractivity contribution in [2.45, 2.75) is 13.0 Å². The lowest BCUT2D eigenvalue weighted by Crippen LogP contribution is -2.27. The second kappa shape index (κ2) is 6.75. The van der Waals surface area contributed by atoms with E-state index in [1.807, 2.05) is 61.6 Å². The lowest BCUT2D eigenvalue weighted by molar-refractivity contribution is -0.129. The number of methoxy groups -OCH3 is 1. The summed E-state index contributed by atoms with van der Waals surface area (Å²) in [6, 6.07) is 17.6. The summed E-state index contributed by atoms with van der Waals surface area (Å²) < 4.78 is 5.11. The fourth-order valence-electron chi connectivity index (χ4n) is 2.00. The van der Waals surface area contributed by atoms with Crippen molar-refractivity contribution in [1.82, 2.24) is 4.90 Å².